The van der Waals surface area contributed by atoms with Gasteiger partial charge in [-0.1, -0.05) is 24.3 Å². The van der Waals surface area contributed by atoms with Crippen LogP contribution in [0.1, 0.15) is 11.1 Å². The molecular weight excluding hydrogens is 282 g/mol. The SMILES string of the molecule is Cc1ccc(N)c(N=Cc2ccc3cc(N(C)C)ccc3c2)c1. The number of nitrogen functional groups attached to an aromatic ring is 1. The van der Waals surface area contributed by atoms with E-state index in [0.29, 0.717) is 5.69 Å². The normalized spacial score (nSPS) is 11.3. The maximum absolute atomic E-state index is 5.97. The minimum atomic E-state index is 0.697. The van der Waals surface area contributed by atoms with Gasteiger partial charge >= 0.3 is 0 Å². The van der Waals surface area contributed by atoms with Gasteiger partial charge in [-0.2, -0.15) is 0 Å². The molecule has 3 heteroatoms. The third-order valence-corrected chi connectivity index (χ3v) is 3.90. The van der Waals surface area contributed by atoms with Gasteiger partial charge in [0.2, 0.25) is 0 Å². The van der Waals surface area contributed by atoms with Crippen LogP contribution in [0.2, 0.25) is 0 Å². The van der Waals surface area contributed by atoms with E-state index >= 15 is 0 Å². The lowest BCUT2D eigenvalue weighted by Gasteiger charge is -2.13. The van der Waals surface area contributed by atoms with Crippen molar-refractivity contribution in [2.75, 3.05) is 24.7 Å². The molecule has 0 bridgehead atoms. The van der Waals surface area contributed by atoms with Crippen LogP contribution in [0.25, 0.3) is 10.8 Å². The molecule has 0 amide bonds. The Balaban J connectivity index is 1.93. The minimum Gasteiger partial charge on any atom is -0.397 e. The van der Waals surface area contributed by atoms with Crippen molar-refractivity contribution in [3.8, 4) is 0 Å². The smallest absolute Gasteiger partial charge is 0.0861 e. The van der Waals surface area contributed by atoms with Gasteiger partial charge in [-0.25, -0.2) is 0 Å². The van der Waals surface area contributed by atoms with Gasteiger partial charge in [-0.15, -0.1) is 0 Å². The third kappa shape index (κ3) is 3.34. The summed E-state index contributed by atoms with van der Waals surface area (Å²) >= 11 is 0. The summed E-state index contributed by atoms with van der Waals surface area (Å²) in [6, 6.07) is 18.7. The van der Waals surface area contributed by atoms with Gasteiger partial charge < -0.3 is 10.6 Å². The number of aryl methyl sites for hydroxylation is 1. The highest BCUT2D eigenvalue weighted by molar-refractivity contribution is 5.93. The van der Waals surface area contributed by atoms with Crippen molar-refractivity contribution in [1.29, 1.82) is 0 Å². The van der Waals surface area contributed by atoms with Gasteiger partial charge in [0.05, 0.1) is 11.4 Å². The van der Waals surface area contributed by atoms with E-state index < -0.39 is 0 Å². The number of rotatable bonds is 3. The summed E-state index contributed by atoms with van der Waals surface area (Å²) in [7, 11) is 4.10. The Kier molecular flexibility index (Phi) is 4.02. The maximum atomic E-state index is 5.97. The van der Waals surface area contributed by atoms with Crippen LogP contribution in [0, 0.1) is 6.92 Å². The lowest BCUT2D eigenvalue weighted by atomic mass is 10.1. The largest absolute Gasteiger partial charge is 0.397 e. The van der Waals surface area contributed by atoms with Crippen molar-refractivity contribution in [2.45, 2.75) is 6.92 Å². The lowest BCUT2D eigenvalue weighted by Crippen LogP contribution is -2.07. The van der Waals surface area contributed by atoms with E-state index in [1.807, 2.05) is 31.3 Å². The number of nitrogens with zero attached hydrogens (tertiary/aromatic N) is 2. The molecule has 0 radical (unpaired) electrons. The van der Waals surface area contributed by atoms with Crippen LogP contribution in [0.5, 0.6) is 0 Å². The lowest BCUT2D eigenvalue weighted by molar-refractivity contribution is 1.14. The first-order chi connectivity index (χ1) is 11.0. The zero-order valence-electron chi connectivity index (χ0n) is 13.7. The van der Waals surface area contributed by atoms with Crippen LogP contribution in [-0.4, -0.2) is 20.3 Å². The topological polar surface area (TPSA) is 41.6 Å². The molecule has 0 aromatic heterocycles. The standard InChI is InChI=1S/C20H21N3/c1-14-4-9-19(21)20(10-14)22-13-15-5-6-17-12-18(23(2)3)8-7-16(17)11-15/h4-13H,21H2,1-3H3. The summed E-state index contributed by atoms with van der Waals surface area (Å²) < 4.78 is 0. The molecule has 23 heavy (non-hydrogen) atoms. The Morgan fingerprint density at radius 2 is 1.65 bits per heavy atom. The molecule has 0 unspecified atom stereocenters. The van der Waals surface area contributed by atoms with E-state index in [9.17, 15) is 0 Å². The van der Waals surface area contributed by atoms with E-state index in [0.717, 1.165) is 16.8 Å². The minimum absolute atomic E-state index is 0.697. The van der Waals surface area contributed by atoms with Crippen LogP contribution >= 0.6 is 0 Å². The molecule has 0 aliphatic carbocycles. The Hall–Kier alpha value is -2.81. The molecule has 0 aliphatic rings. The molecule has 0 aliphatic heterocycles. The summed E-state index contributed by atoms with van der Waals surface area (Å²) in [5.74, 6) is 0. The van der Waals surface area contributed by atoms with Crippen LogP contribution in [0.15, 0.2) is 59.6 Å². The molecule has 3 rings (SSSR count). The molecule has 3 nitrogen and oxygen atoms in total. The number of fused-ring (bicyclic) bond motifs is 1. The zero-order valence-corrected chi connectivity index (χ0v) is 13.7. The molecule has 116 valence electrons. The third-order valence-electron chi connectivity index (χ3n) is 3.90. The molecule has 0 spiro atoms. The highest BCUT2D eigenvalue weighted by atomic mass is 15.1. The van der Waals surface area contributed by atoms with Crippen molar-refractivity contribution >= 4 is 34.0 Å². The second-order valence-corrected chi connectivity index (χ2v) is 6.01. The molecular formula is C20H21N3. The first kappa shape index (κ1) is 15.1. The molecule has 0 saturated heterocycles. The molecule has 0 saturated carbocycles. The Morgan fingerprint density at radius 1 is 0.913 bits per heavy atom. The Bertz CT molecular complexity index is 879. The predicted molar refractivity (Wildman–Crippen MR) is 101 cm³/mol. The van der Waals surface area contributed by atoms with E-state index in [4.69, 9.17) is 5.73 Å². The van der Waals surface area contributed by atoms with Gasteiger partial charge in [-0.3, -0.25) is 4.99 Å². The van der Waals surface area contributed by atoms with Crippen molar-refractivity contribution in [3.63, 3.8) is 0 Å². The monoisotopic (exact) mass is 303 g/mol. The molecule has 3 aromatic carbocycles. The van der Waals surface area contributed by atoms with Gasteiger partial charge in [0, 0.05) is 26.0 Å². The molecule has 0 fully saturated rings. The predicted octanol–water partition coefficient (Wildman–Crippen LogP) is 4.55. The number of nitrogens with two attached hydrogens (primary N) is 1. The summed E-state index contributed by atoms with van der Waals surface area (Å²) in [5.41, 5.74) is 10.9. The fourth-order valence-electron chi connectivity index (χ4n) is 2.52. The van der Waals surface area contributed by atoms with Crippen LogP contribution in [0.4, 0.5) is 17.1 Å². The maximum Gasteiger partial charge on any atom is 0.0861 e. The first-order valence-corrected chi connectivity index (χ1v) is 7.64. The second-order valence-electron chi connectivity index (χ2n) is 6.01. The second kappa shape index (κ2) is 6.13. The summed E-state index contributed by atoms with van der Waals surface area (Å²) in [6.45, 7) is 2.04. The van der Waals surface area contributed by atoms with Gasteiger partial charge in [-0.05, 0) is 59.2 Å². The number of benzene rings is 3. The number of hydrogen-bond acceptors (Lipinski definition) is 3. The van der Waals surface area contributed by atoms with E-state index in [1.165, 1.54) is 16.5 Å². The quantitative estimate of drug-likeness (QED) is 0.570. The molecule has 3 aromatic rings. The highest BCUT2D eigenvalue weighted by Gasteiger charge is 2.00. The van der Waals surface area contributed by atoms with Crippen LogP contribution < -0.4 is 10.6 Å². The van der Waals surface area contributed by atoms with Crippen LogP contribution in [-0.2, 0) is 0 Å². The summed E-state index contributed by atoms with van der Waals surface area (Å²) in [5, 5.41) is 2.43. The highest BCUT2D eigenvalue weighted by Crippen LogP contribution is 2.24. The average molecular weight is 303 g/mol. The van der Waals surface area contributed by atoms with E-state index in [2.05, 4.69) is 60.4 Å². The van der Waals surface area contributed by atoms with Crippen molar-refractivity contribution in [2.24, 2.45) is 4.99 Å². The average Bonchev–Trinajstić information content (AvgIpc) is 2.55. The number of aliphatic imine (C=N–C) groups is 1. The van der Waals surface area contributed by atoms with E-state index in [-0.39, 0.29) is 0 Å². The van der Waals surface area contributed by atoms with Gasteiger partial charge in [0.1, 0.15) is 0 Å². The molecule has 2 N–H and O–H groups in total. The fraction of sp³-hybridized carbons (Fsp3) is 0.150. The van der Waals surface area contributed by atoms with Crippen molar-refractivity contribution in [3.05, 3.63) is 65.7 Å². The zero-order chi connectivity index (χ0) is 16.4. The molecule has 0 atom stereocenters. The number of hydrogen-bond donors (Lipinski definition) is 1. The first-order valence-electron chi connectivity index (χ1n) is 7.64. The summed E-state index contributed by atoms with van der Waals surface area (Å²) in [6.07, 6.45) is 1.87. The Morgan fingerprint density at radius 3 is 2.43 bits per heavy atom. The number of anilines is 2. The summed E-state index contributed by atoms with van der Waals surface area (Å²) in [4.78, 5) is 6.64. The van der Waals surface area contributed by atoms with Gasteiger partial charge in [0.25, 0.3) is 0 Å². The molecule has 0 heterocycles. The van der Waals surface area contributed by atoms with Crippen molar-refractivity contribution in [1.82, 2.24) is 0 Å². The van der Waals surface area contributed by atoms with E-state index in [1.54, 1.807) is 0 Å². The fourth-order valence-corrected chi connectivity index (χ4v) is 2.52. The van der Waals surface area contributed by atoms with Gasteiger partial charge in [0.15, 0.2) is 0 Å². The van der Waals surface area contributed by atoms with Crippen LogP contribution in [0.3, 0.4) is 0 Å². The van der Waals surface area contributed by atoms with Crippen molar-refractivity contribution < 1.29 is 0 Å². The Labute approximate surface area is 137 Å².